The van der Waals surface area contributed by atoms with Crippen LogP contribution in [-0.2, 0) is 21.6 Å². The van der Waals surface area contributed by atoms with E-state index < -0.39 is 5.41 Å². The van der Waals surface area contributed by atoms with Gasteiger partial charge in [-0.1, -0.05) is 48.0 Å². The van der Waals surface area contributed by atoms with Crippen LogP contribution in [0.5, 0.6) is 5.75 Å². The summed E-state index contributed by atoms with van der Waals surface area (Å²) in [6.07, 6.45) is 0.530. The average molecular weight is 324 g/mol. The van der Waals surface area contributed by atoms with E-state index in [1.807, 2.05) is 68.4 Å². The van der Waals surface area contributed by atoms with Crippen molar-refractivity contribution in [2.24, 2.45) is 0 Å². The van der Waals surface area contributed by atoms with E-state index in [2.05, 4.69) is 6.58 Å². The number of allylic oxidation sites excluding steroid dienone is 1. The molecule has 0 heterocycles. The van der Waals surface area contributed by atoms with Crippen LogP contribution in [0.1, 0.15) is 31.4 Å². The van der Waals surface area contributed by atoms with Crippen LogP contribution in [0.4, 0.5) is 0 Å². The van der Waals surface area contributed by atoms with Crippen molar-refractivity contribution in [3.8, 4) is 5.75 Å². The minimum absolute atomic E-state index is 0.272. The van der Waals surface area contributed by atoms with Gasteiger partial charge in [-0.2, -0.15) is 0 Å². The van der Waals surface area contributed by atoms with Crippen molar-refractivity contribution >= 4 is 5.97 Å². The molecule has 0 unspecified atom stereocenters. The first-order chi connectivity index (χ1) is 11.5. The summed E-state index contributed by atoms with van der Waals surface area (Å²) >= 11 is 0. The fourth-order valence-corrected chi connectivity index (χ4v) is 2.79. The molecule has 0 aliphatic rings. The Labute approximate surface area is 143 Å². The van der Waals surface area contributed by atoms with Crippen LogP contribution < -0.4 is 4.74 Å². The molecule has 2 rings (SSSR count). The van der Waals surface area contributed by atoms with Crippen molar-refractivity contribution in [1.29, 1.82) is 0 Å². The van der Waals surface area contributed by atoms with Gasteiger partial charge in [-0.3, -0.25) is 4.79 Å². The Hall–Kier alpha value is -2.55. The molecule has 3 heteroatoms. The van der Waals surface area contributed by atoms with Crippen molar-refractivity contribution < 1.29 is 14.3 Å². The lowest BCUT2D eigenvalue weighted by molar-refractivity contribution is -0.146. The molecular formula is C21H24O3. The van der Waals surface area contributed by atoms with Gasteiger partial charge in [0.25, 0.3) is 0 Å². The summed E-state index contributed by atoms with van der Waals surface area (Å²) in [4.78, 5) is 12.4. The Morgan fingerprint density at radius 1 is 1.12 bits per heavy atom. The molecule has 3 nitrogen and oxygen atoms in total. The molecule has 0 spiro atoms. The molecule has 0 N–H and O–H groups in total. The van der Waals surface area contributed by atoms with E-state index in [1.54, 1.807) is 0 Å². The van der Waals surface area contributed by atoms with E-state index >= 15 is 0 Å². The number of rotatable bonds is 7. The molecular weight excluding hydrogens is 300 g/mol. The van der Waals surface area contributed by atoms with Gasteiger partial charge in [0.2, 0.25) is 0 Å². The van der Waals surface area contributed by atoms with Crippen LogP contribution in [0.2, 0.25) is 0 Å². The lowest BCUT2D eigenvalue weighted by atomic mass is 9.77. The molecule has 1 atom stereocenters. The van der Waals surface area contributed by atoms with Gasteiger partial charge in [-0.25, -0.2) is 0 Å². The zero-order valence-corrected chi connectivity index (χ0v) is 14.5. The van der Waals surface area contributed by atoms with Crippen LogP contribution in [0.25, 0.3) is 0 Å². The number of ether oxygens (including phenoxy) is 2. The first kappa shape index (κ1) is 17.8. The monoisotopic (exact) mass is 324 g/mol. The first-order valence-corrected chi connectivity index (χ1v) is 7.96. The van der Waals surface area contributed by atoms with Gasteiger partial charge in [0.1, 0.15) is 12.4 Å². The largest absolute Gasteiger partial charge is 0.489 e. The summed E-state index contributed by atoms with van der Waals surface area (Å²) in [5, 5.41) is 0. The van der Waals surface area contributed by atoms with E-state index in [9.17, 15) is 4.79 Å². The van der Waals surface area contributed by atoms with Crippen LogP contribution in [0.3, 0.4) is 0 Å². The van der Waals surface area contributed by atoms with E-state index in [1.165, 1.54) is 7.11 Å². The molecule has 0 radical (unpaired) electrons. The predicted octanol–water partition coefficient (Wildman–Crippen LogP) is 4.66. The number of hydrogen-bond donors (Lipinski definition) is 0. The van der Waals surface area contributed by atoms with Crippen molar-refractivity contribution in [3.05, 3.63) is 77.9 Å². The zero-order valence-electron chi connectivity index (χ0n) is 14.5. The second-order valence-corrected chi connectivity index (χ2v) is 6.26. The Morgan fingerprint density at radius 3 is 2.46 bits per heavy atom. The van der Waals surface area contributed by atoms with E-state index in [0.717, 1.165) is 22.4 Å². The van der Waals surface area contributed by atoms with Gasteiger partial charge in [-0.05, 0) is 43.5 Å². The minimum atomic E-state index is -0.771. The van der Waals surface area contributed by atoms with Crippen molar-refractivity contribution in [3.63, 3.8) is 0 Å². The summed E-state index contributed by atoms with van der Waals surface area (Å²) in [6, 6.07) is 17.6. The Bertz CT molecular complexity index is 706. The van der Waals surface area contributed by atoms with E-state index in [0.29, 0.717) is 13.0 Å². The summed E-state index contributed by atoms with van der Waals surface area (Å²) in [5.41, 5.74) is 2.12. The Morgan fingerprint density at radius 2 is 1.83 bits per heavy atom. The molecule has 0 saturated heterocycles. The molecule has 126 valence electrons. The lowest BCUT2D eigenvalue weighted by Crippen LogP contribution is -2.34. The first-order valence-electron chi connectivity index (χ1n) is 7.96. The minimum Gasteiger partial charge on any atom is -0.489 e. The third-order valence-electron chi connectivity index (χ3n) is 4.01. The fraction of sp³-hybridized carbons (Fsp3) is 0.286. The Kier molecular flexibility index (Phi) is 5.80. The molecule has 0 bridgehead atoms. The smallest absolute Gasteiger partial charge is 0.316 e. The summed E-state index contributed by atoms with van der Waals surface area (Å²) in [7, 11) is 1.41. The number of carbonyl (C=O) groups excluding carboxylic acids is 1. The summed E-state index contributed by atoms with van der Waals surface area (Å²) < 4.78 is 10.9. The molecule has 24 heavy (non-hydrogen) atoms. The van der Waals surface area contributed by atoms with Crippen LogP contribution in [-0.4, -0.2) is 13.1 Å². The van der Waals surface area contributed by atoms with Crippen LogP contribution >= 0.6 is 0 Å². The lowest BCUT2D eigenvalue weighted by Gasteiger charge is -2.27. The number of carbonyl (C=O) groups is 1. The number of esters is 1. The topological polar surface area (TPSA) is 35.5 Å². The highest BCUT2D eigenvalue weighted by Gasteiger charge is 2.36. The fourth-order valence-electron chi connectivity index (χ4n) is 2.79. The molecule has 0 aromatic heterocycles. The predicted molar refractivity (Wildman–Crippen MR) is 96.0 cm³/mol. The molecule has 2 aromatic carbocycles. The van der Waals surface area contributed by atoms with Crippen LogP contribution in [0.15, 0.2) is 66.7 Å². The second-order valence-electron chi connectivity index (χ2n) is 6.26. The van der Waals surface area contributed by atoms with Gasteiger partial charge >= 0.3 is 5.97 Å². The zero-order chi connectivity index (χ0) is 17.6. The van der Waals surface area contributed by atoms with Gasteiger partial charge in [0, 0.05) is 0 Å². The third kappa shape index (κ3) is 4.25. The van der Waals surface area contributed by atoms with Crippen molar-refractivity contribution in [2.75, 3.05) is 7.11 Å². The van der Waals surface area contributed by atoms with E-state index in [-0.39, 0.29) is 5.97 Å². The van der Waals surface area contributed by atoms with Gasteiger partial charge in [0.15, 0.2) is 0 Å². The highest BCUT2D eigenvalue weighted by atomic mass is 16.5. The molecule has 0 aliphatic heterocycles. The maximum atomic E-state index is 12.4. The highest BCUT2D eigenvalue weighted by Crippen LogP contribution is 2.33. The summed E-state index contributed by atoms with van der Waals surface area (Å²) in [5.74, 6) is 0.457. The molecule has 0 amide bonds. The van der Waals surface area contributed by atoms with Gasteiger partial charge in [-0.15, -0.1) is 6.58 Å². The van der Waals surface area contributed by atoms with Gasteiger partial charge in [0.05, 0.1) is 12.5 Å². The second kappa shape index (κ2) is 7.82. The molecule has 2 aromatic rings. The maximum absolute atomic E-state index is 12.4. The normalized spacial score (nSPS) is 13.0. The molecule has 0 aliphatic carbocycles. The quantitative estimate of drug-likeness (QED) is 0.549. The SMILES string of the molecule is C=C(C)C[C@@](C)(C(=O)OC)c1cccc(OCc2ccccc2)c1. The molecule has 0 fully saturated rings. The van der Waals surface area contributed by atoms with Crippen LogP contribution in [0, 0.1) is 0 Å². The highest BCUT2D eigenvalue weighted by molar-refractivity contribution is 5.83. The standard InChI is InChI=1S/C21H24O3/c1-16(2)14-21(3,20(22)23-4)18-11-8-12-19(13-18)24-15-17-9-6-5-7-10-17/h5-13H,1,14-15H2,2-4H3/t21-/m1/s1. The number of hydrogen-bond acceptors (Lipinski definition) is 3. The van der Waals surface area contributed by atoms with Gasteiger partial charge < -0.3 is 9.47 Å². The van der Waals surface area contributed by atoms with Crippen molar-refractivity contribution in [1.82, 2.24) is 0 Å². The van der Waals surface area contributed by atoms with Crippen molar-refractivity contribution in [2.45, 2.75) is 32.3 Å². The third-order valence-corrected chi connectivity index (χ3v) is 4.01. The maximum Gasteiger partial charge on any atom is 0.316 e. The number of methoxy groups -OCH3 is 1. The molecule has 0 saturated carbocycles. The number of benzene rings is 2. The van der Waals surface area contributed by atoms with E-state index in [4.69, 9.17) is 9.47 Å². The summed E-state index contributed by atoms with van der Waals surface area (Å²) in [6.45, 7) is 8.22. The Balaban J connectivity index is 2.23. The average Bonchev–Trinajstić information content (AvgIpc) is 2.59.